The molecule has 4 nitrogen and oxygen atoms in total. The van der Waals surface area contributed by atoms with Crippen LogP contribution in [0.1, 0.15) is 11.1 Å². The van der Waals surface area contributed by atoms with Crippen LogP contribution in [0.4, 0.5) is 5.69 Å². The number of aliphatic hydroxyl groups is 1. The number of aromatic nitrogens is 2. The number of imidazole rings is 1. The van der Waals surface area contributed by atoms with Crippen molar-refractivity contribution in [3.05, 3.63) is 59.9 Å². The number of nitrogens with zero attached hydrogens (tertiary/aromatic N) is 1. The fraction of sp³-hybridized carbons (Fsp3) is 0.0625. The highest BCUT2D eigenvalue weighted by Crippen LogP contribution is 2.35. The van der Waals surface area contributed by atoms with Gasteiger partial charge in [-0.15, -0.1) is 0 Å². The van der Waals surface area contributed by atoms with E-state index in [0.29, 0.717) is 0 Å². The minimum atomic E-state index is -0.662. The van der Waals surface area contributed by atoms with E-state index in [-0.39, 0.29) is 0 Å². The molecule has 0 saturated carbocycles. The molecule has 0 fully saturated rings. The van der Waals surface area contributed by atoms with E-state index in [9.17, 15) is 5.11 Å². The lowest BCUT2D eigenvalue weighted by Crippen LogP contribution is -2.12. The quantitative estimate of drug-likeness (QED) is 0.632. The Morgan fingerprint density at radius 1 is 1.15 bits per heavy atom. The highest BCUT2D eigenvalue weighted by atomic mass is 16.3. The first-order valence-corrected chi connectivity index (χ1v) is 6.50. The molecule has 0 spiro atoms. The van der Waals surface area contributed by atoms with E-state index in [0.717, 1.165) is 33.4 Å². The van der Waals surface area contributed by atoms with Gasteiger partial charge in [-0.05, 0) is 29.8 Å². The van der Waals surface area contributed by atoms with Crippen LogP contribution in [0.5, 0.6) is 0 Å². The highest BCUT2D eigenvalue weighted by Gasteiger charge is 2.23. The molecule has 4 rings (SSSR count). The summed E-state index contributed by atoms with van der Waals surface area (Å²) in [5, 5.41) is 13.2. The van der Waals surface area contributed by atoms with Gasteiger partial charge in [-0.25, -0.2) is 4.98 Å². The number of hydrogen-bond donors (Lipinski definition) is 3. The van der Waals surface area contributed by atoms with Crippen LogP contribution >= 0.6 is 0 Å². The number of aliphatic hydroxyl groups excluding tert-OH is 1. The van der Waals surface area contributed by atoms with Crippen molar-refractivity contribution < 1.29 is 5.11 Å². The maximum absolute atomic E-state index is 10.1. The van der Waals surface area contributed by atoms with Crippen molar-refractivity contribution in [3.63, 3.8) is 0 Å². The van der Waals surface area contributed by atoms with Crippen molar-refractivity contribution in [2.24, 2.45) is 0 Å². The second-order valence-electron chi connectivity index (χ2n) is 4.87. The van der Waals surface area contributed by atoms with Crippen molar-refractivity contribution in [3.8, 4) is 0 Å². The molecule has 1 aliphatic rings. The van der Waals surface area contributed by atoms with Gasteiger partial charge in [0.05, 0.1) is 17.4 Å². The SMILES string of the molecule is OC1Nc2ccccc2/C1=C\c1ccc2nc[nH]c2c1. The summed E-state index contributed by atoms with van der Waals surface area (Å²) in [6.45, 7) is 0. The first kappa shape index (κ1) is 11.3. The predicted molar refractivity (Wildman–Crippen MR) is 80.0 cm³/mol. The van der Waals surface area contributed by atoms with Crippen LogP contribution in [0.15, 0.2) is 48.8 Å². The monoisotopic (exact) mass is 263 g/mol. The largest absolute Gasteiger partial charge is 0.369 e. The summed E-state index contributed by atoms with van der Waals surface area (Å²) < 4.78 is 0. The van der Waals surface area contributed by atoms with Gasteiger partial charge < -0.3 is 15.4 Å². The van der Waals surface area contributed by atoms with Gasteiger partial charge in [0.25, 0.3) is 0 Å². The minimum absolute atomic E-state index is 0.662. The molecule has 0 amide bonds. The lowest BCUT2D eigenvalue weighted by molar-refractivity contribution is 0.266. The number of fused-ring (bicyclic) bond motifs is 2. The van der Waals surface area contributed by atoms with Crippen LogP contribution in [0.2, 0.25) is 0 Å². The van der Waals surface area contributed by atoms with Gasteiger partial charge in [0.2, 0.25) is 0 Å². The Balaban J connectivity index is 1.83. The summed E-state index contributed by atoms with van der Waals surface area (Å²) in [5.74, 6) is 0. The third-order valence-electron chi connectivity index (χ3n) is 3.59. The molecule has 4 heteroatoms. The van der Waals surface area contributed by atoms with Crippen molar-refractivity contribution >= 4 is 28.4 Å². The summed E-state index contributed by atoms with van der Waals surface area (Å²) in [5.41, 5.74) is 5.87. The third kappa shape index (κ3) is 1.70. The summed E-state index contributed by atoms with van der Waals surface area (Å²) in [6.07, 6.45) is 3.02. The van der Waals surface area contributed by atoms with Gasteiger partial charge in [-0.3, -0.25) is 0 Å². The molecule has 2 heterocycles. The summed E-state index contributed by atoms with van der Waals surface area (Å²) in [7, 11) is 0. The molecule has 3 aromatic rings. The average Bonchev–Trinajstić information content (AvgIpc) is 3.04. The number of hydrogen-bond acceptors (Lipinski definition) is 3. The van der Waals surface area contributed by atoms with Gasteiger partial charge in [0.15, 0.2) is 6.23 Å². The number of aromatic amines is 1. The topological polar surface area (TPSA) is 60.9 Å². The Bertz CT molecular complexity index is 819. The molecule has 0 radical (unpaired) electrons. The van der Waals surface area contributed by atoms with Gasteiger partial charge in [0.1, 0.15) is 0 Å². The van der Waals surface area contributed by atoms with Crippen LogP contribution in [-0.2, 0) is 0 Å². The average molecular weight is 263 g/mol. The minimum Gasteiger partial charge on any atom is -0.369 e. The molecule has 3 N–H and O–H groups in total. The number of para-hydroxylation sites is 1. The highest BCUT2D eigenvalue weighted by molar-refractivity contribution is 5.94. The van der Waals surface area contributed by atoms with Gasteiger partial charge >= 0.3 is 0 Å². The van der Waals surface area contributed by atoms with Crippen molar-refractivity contribution in [1.82, 2.24) is 9.97 Å². The van der Waals surface area contributed by atoms with E-state index in [1.165, 1.54) is 0 Å². The maximum atomic E-state index is 10.1. The number of rotatable bonds is 1. The molecule has 98 valence electrons. The zero-order valence-corrected chi connectivity index (χ0v) is 10.7. The smallest absolute Gasteiger partial charge is 0.151 e. The number of H-pyrrole nitrogens is 1. The third-order valence-corrected chi connectivity index (χ3v) is 3.59. The Morgan fingerprint density at radius 3 is 3.00 bits per heavy atom. The fourth-order valence-electron chi connectivity index (χ4n) is 2.61. The van der Waals surface area contributed by atoms with E-state index in [2.05, 4.69) is 15.3 Å². The molecule has 1 unspecified atom stereocenters. The van der Waals surface area contributed by atoms with Gasteiger partial charge in [-0.2, -0.15) is 0 Å². The second-order valence-corrected chi connectivity index (χ2v) is 4.87. The predicted octanol–water partition coefficient (Wildman–Crippen LogP) is 2.85. The maximum Gasteiger partial charge on any atom is 0.151 e. The summed E-state index contributed by atoms with van der Waals surface area (Å²) >= 11 is 0. The lowest BCUT2D eigenvalue weighted by Gasteiger charge is -2.05. The second kappa shape index (κ2) is 4.21. The molecule has 1 aliphatic heterocycles. The normalized spacial score (nSPS) is 19.2. The van der Waals surface area contributed by atoms with Gasteiger partial charge in [0, 0.05) is 16.8 Å². The van der Waals surface area contributed by atoms with Gasteiger partial charge in [-0.1, -0.05) is 24.3 Å². The van der Waals surface area contributed by atoms with Crippen molar-refractivity contribution in [2.45, 2.75) is 6.23 Å². The molecule has 2 aromatic carbocycles. The van der Waals surface area contributed by atoms with Crippen LogP contribution in [0.3, 0.4) is 0 Å². The van der Waals surface area contributed by atoms with E-state index in [4.69, 9.17) is 0 Å². The van der Waals surface area contributed by atoms with E-state index in [1.54, 1.807) is 6.33 Å². The number of benzene rings is 2. The standard InChI is InChI=1S/C16H13N3O/c20-16-12(11-3-1-2-4-13(11)19-16)7-10-5-6-14-15(8-10)18-9-17-14/h1-9,16,19-20H,(H,17,18)/b12-7+. The molecule has 1 aromatic heterocycles. The Morgan fingerprint density at radius 2 is 2.05 bits per heavy atom. The van der Waals surface area contributed by atoms with E-state index < -0.39 is 6.23 Å². The Labute approximate surface area is 115 Å². The fourth-order valence-corrected chi connectivity index (χ4v) is 2.61. The van der Waals surface area contributed by atoms with Crippen molar-refractivity contribution in [2.75, 3.05) is 5.32 Å². The Hall–Kier alpha value is -2.59. The number of anilines is 1. The van der Waals surface area contributed by atoms with Crippen LogP contribution in [-0.4, -0.2) is 21.3 Å². The zero-order chi connectivity index (χ0) is 13.5. The molecule has 0 saturated heterocycles. The van der Waals surface area contributed by atoms with Crippen LogP contribution in [0, 0.1) is 0 Å². The van der Waals surface area contributed by atoms with Crippen LogP contribution in [0.25, 0.3) is 22.7 Å². The molecule has 20 heavy (non-hydrogen) atoms. The number of nitrogens with one attached hydrogen (secondary N) is 2. The lowest BCUT2D eigenvalue weighted by atomic mass is 10.0. The van der Waals surface area contributed by atoms with Crippen LogP contribution < -0.4 is 5.32 Å². The molecule has 1 atom stereocenters. The molecule has 0 bridgehead atoms. The summed E-state index contributed by atoms with van der Waals surface area (Å²) in [4.78, 5) is 7.30. The molecular formula is C16H13N3O. The molecular weight excluding hydrogens is 250 g/mol. The first-order valence-electron chi connectivity index (χ1n) is 6.50. The van der Waals surface area contributed by atoms with E-state index >= 15 is 0 Å². The molecule has 0 aliphatic carbocycles. The first-order chi connectivity index (χ1) is 9.81. The van der Waals surface area contributed by atoms with Crippen molar-refractivity contribution in [1.29, 1.82) is 0 Å². The Kier molecular flexibility index (Phi) is 2.37. The zero-order valence-electron chi connectivity index (χ0n) is 10.7. The summed E-state index contributed by atoms with van der Waals surface area (Å²) in [6, 6.07) is 13.9. The van der Waals surface area contributed by atoms with E-state index in [1.807, 2.05) is 48.5 Å².